The molecule has 0 aliphatic heterocycles. The van der Waals surface area contributed by atoms with Gasteiger partial charge < -0.3 is 5.11 Å². The van der Waals surface area contributed by atoms with Crippen molar-refractivity contribution in [1.82, 2.24) is 9.97 Å². The lowest BCUT2D eigenvalue weighted by Crippen LogP contribution is -2.02. The van der Waals surface area contributed by atoms with Crippen LogP contribution in [0.2, 0.25) is 10.0 Å². The highest BCUT2D eigenvalue weighted by atomic mass is 35.5. The first-order valence-corrected chi connectivity index (χ1v) is 9.86. The van der Waals surface area contributed by atoms with Crippen molar-refractivity contribution in [3.05, 3.63) is 130 Å². The van der Waals surface area contributed by atoms with Crippen LogP contribution in [0.4, 0.5) is 0 Å². The lowest BCUT2D eigenvalue weighted by Gasteiger charge is -2.09. The predicted molar refractivity (Wildman–Crippen MR) is 119 cm³/mol. The van der Waals surface area contributed by atoms with Gasteiger partial charge in [-0.2, -0.15) is 0 Å². The number of carbonyl (C=O) groups excluding carboxylic acids is 1. The van der Waals surface area contributed by atoms with Crippen LogP contribution in [-0.4, -0.2) is 20.9 Å². The highest BCUT2D eigenvalue weighted by Gasteiger charge is 2.10. The van der Waals surface area contributed by atoms with Gasteiger partial charge in [0.2, 0.25) is 5.78 Å². The summed E-state index contributed by atoms with van der Waals surface area (Å²) in [5.41, 5.74) is 2.47. The molecule has 1 N–H and O–H groups in total. The minimum atomic E-state index is -0.691. The summed E-state index contributed by atoms with van der Waals surface area (Å²) in [7, 11) is 0. The maximum absolute atomic E-state index is 11.9. The monoisotopic (exact) mass is 436 g/mol. The van der Waals surface area contributed by atoms with Gasteiger partial charge in [-0.25, -0.2) is 0 Å². The SMILES string of the molecule is O=C(c1ccc(Cl)cc1)c1ccccn1.OC(c1ccc(Cl)cc1)c1ccccn1. The quantitative estimate of drug-likeness (QED) is 0.411. The highest BCUT2D eigenvalue weighted by molar-refractivity contribution is 6.31. The van der Waals surface area contributed by atoms with Crippen LogP contribution in [0.5, 0.6) is 0 Å². The Balaban J connectivity index is 0.000000171. The summed E-state index contributed by atoms with van der Waals surface area (Å²) in [5, 5.41) is 11.3. The van der Waals surface area contributed by atoms with E-state index in [1.54, 1.807) is 85.2 Å². The van der Waals surface area contributed by atoms with Gasteiger partial charge in [0.15, 0.2) is 0 Å². The van der Waals surface area contributed by atoms with Gasteiger partial charge >= 0.3 is 0 Å². The van der Waals surface area contributed by atoms with Crippen molar-refractivity contribution in [1.29, 1.82) is 0 Å². The molecule has 6 heteroatoms. The average Bonchev–Trinajstić information content (AvgIpc) is 2.81. The molecule has 0 spiro atoms. The maximum Gasteiger partial charge on any atom is 0.211 e. The number of carbonyl (C=O) groups is 1. The second kappa shape index (κ2) is 10.6. The molecule has 2 heterocycles. The number of benzene rings is 2. The number of pyridine rings is 2. The Morgan fingerprint density at radius 3 is 1.83 bits per heavy atom. The molecule has 0 saturated heterocycles. The Kier molecular flexibility index (Phi) is 7.69. The van der Waals surface area contributed by atoms with Crippen LogP contribution in [0.15, 0.2) is 97.3 Å². The molecule has 1 unspecified atom stereocenters. The molecular formula is C24H18Cl2N2O2. The van der Waals surface area contributed by atoms with Crippen molar-refractivity contribution in [3.8, 4) is 0 Å². The van der Waals surface area contributed by atoms with Gasteiger partial charge in [-0.1, -0.05) is 47.5 Å². The molecule has 1 atom stereocenters. The fourth-order valence-electron chi connectivity index (χ4n) is 2.60. The van der Waals surface area contributed by atoms with E-state index in [0.29, 0.717) is 27.0 Å². The summed E-state index contributed by atoms with van der Waals surface area (Å²) in [6.07, 6.45) is 2.57. The first kappa shape index (κ1) is 21.7. The number of hydrogen-bond acceptors (Lipinski definition) is 4. The molecule has 150 valence electrons. The second-order valence-electron chi connectivity index (χ2n) is 6.26. The molecule has 0 saturated carbocycles. The Morgan fingerprint density at radius 2 is 1.30 bits per heavy atom. The van der Waals surface area contributed by atoms with Crippen LogP contribution in [0, 0.1) is 0 Å². The Morgan fingerprint density at radius 1 is 0.733 bits per heavy atom. The number of rotatable bonds is 4. The number of nitrogens with zero attached hydrogens (tertiary/aromatic N) is 2. The van der Waals surface area contributed by atoms with Gasteiger partial charge in [0.05, 0.1) is 5.69 Å². The predicted octanol–water partition coefficient (Wildman–Crippen LogP) is 5.78. The minimum absolute atomic E-state index is 0.0905. The van der Waals surface area contributed by atoms with E-state index in [0.717, 1.165) is 5.56 Å². The van der Waals surface area contributed by atoms with Crippen LogP contribution >= 0.6 is 23.2 Å². The summed E-state index contributed by atoms with van der Waals surface area (Å²) < 4.78 is 0. The summed E-state index contributed by atoms with van der Waals surface area (Å²) in [6, 6.07) is 24.6. The number of hydrogen-bond donors (Lipinski definition) is 1. The van der Waals surface area contributed by atoms with Crippen molar-refractivity contribution >= 4 is 29.0 Å². The van der Waals surface area contributed by atoms with Crippen molar-refractivity contribution < 1.29 is 9.90 Å². The second-order valence-corrected chi connectivity index (χ2v) is 7.13. The van der Waals surface area contributed by atoms with E-state index < -0.39 is 6.10 Å². The van der Waals surface area contributed by atoms with Crippen molar-refractivity contribution in [2.24, 2.45) is 0 Å². The Hall–Kier alpha value is -3.05. The molecule has 0 amide bonds. The fraction of sp³-hybridized carbons (Fsp3) is 0.0417. The standard InChI is InChI=1S/C12H10ClNO.C12H8ClNO/c2*13-10-6-4-9(5-7-10)12(15)11-3-1-2-8-14-11/h1-8,12,15H;1-8H. The Bertz CT molecular complexity index is 1070. The largest absolute Gasteiger partial charge is 0.382 e. The molecule has 4 rings (SSSR count). The summed E-state index contributed by atoms with van der Waals surface area (Å²) in [5.74, 6) is -0.0905. The van der Waals surface area contributed by atoms with Gasteiger partial charge in [0, 0.05) is 28.0 Å². The minimum Gasteiger partial charge on any atom is -0.382 e. The lowest BCUT2D eigenvalue weighted by molar-refractivity contribution is 0.103. The van der Waals surface area contributed by atoms with Crippen LogP contribution in [-0.2, 0) is 0 Å². The maximum atomic E-state index is 11.9. The average molecular weight is 437 g/mol. The normalized spacial score (nSPS) is 11.2. The topological polar surface area (TPSA) is 63.1 Å². The molecule has 0 aliphatic carbocycles. The molecule has 2 aromatic carbocycles. The van der Waals surface area contributed by atoms with Crippen LogP contribution in [0.1, 0.15) is 33.4 Å². The molecule has 0 fully saturated rings. The molecular weight excluding hydrogens is 419 g/mol. The van der Waals surface area contributed by atoms with Crippen molar-refractivity contribution in [2.45, 2.75) is 6.10 Å². The van der Waals surface area contributed by atoms with Gasteiger partial charge in [-0.05, 0) is 66.2 Å². The highest BCUT2D eigenvalue weighted by Crippen LogP contribution is 2.21. The zero-order valence-corrected chi connectivity index (χ0v) is 17.3. The summed E-state index contributed by atoms with van der Waals surface area (Å²) in [6.45, 7) is 0. The first-order chi connectivity index (χ1) is 14.5. The molecule has 0 bridgehead atoms. The van der Waals surface area contributed by atoms with Gasteiger partial charge in [0.25, 0.3) is 0 Å². The van der Waals surface area contributed by atoms with E-state index in [1.165, 1.54) is 0 Å². The first-order valence-electron chi connectivity index (χ1n) is 9.10. The van der Waals surface area contributed by atoms with E-state index in [9.17, 15) is 9.90 Å². The third-order valence-corrected chi connectivity index (χ3v) is 4.66. The van der Waals surface area contributed by atoms with E-state index in [1.807, 2.05) is 12.1 Å². The number of aromatic nitrogens is 2. The third-order valence-electron chi connectivity index (χ3n) is 4.16. The van der Waals surface area contributed by atoms with Crippen molar-refractivity contribution in [2.75, 3.05) is 0 Å². The molecule has 4 nitrogen and oxygen atoms in total. The number of halogens is 2. The zero-order chi connectivity index (χ0) is 21.3. The molecule has 0 radical (unpaired) electrons. The summed E-state index contributed by atoms with van der Waals surface area (Å²) >= 11 is 11.5. The zero-order valence-electron chi connectivity index (χ0n) is 15.8. The smallest absolute Gasteiger partial charge is 0.211 e. The van der Waals surface area contributed by atoms with Crippen molar-refractivity contribution in [3.63, 3.8) is 0 Å². The number of aliphatic hydroxyl groups excluding tert-OH is 1. The van der Waals surface area contributed by atoms with E-state index in [4.69, 9.17) is 23.2 Å². The number of ketones is 1. The molecule has 0 aliphatic rings. The van der Waals surface area contributed by atoms with Crippen LogP contribution in [0.25, 0.3) is 0 Å². The molecule has 30 heavy (non-hydrogen) atoms. The van der Waals surface area contributed by atoms with E-state index >= 15 is 0 Å². The summed E-state index contributed by atoms with van der Waals surface area (Å²) in [4.78, 5) is 19.9. The van der Waals surface area contributed by atoms with Gasteiger partial charge in [0.1, 0.15) is 11.8 Å². The van der Waals surface area contributed by atoms with Crippen LogP contribution < -0.4 is 0 Å². The van der Waals surface area contributed by atoms with Gasteiger partial charge in [-0.3, -0.25) is 14.8 Å². The van der Waals surface area contributed by atoms with Crippen LogP contribution in [0.3, 0.4) is 0 Å². The third kappa shape index (κ3) is 5.97. The lowest BCUT2D eigenvalue weighted by atomic mass is 10.1. The molecule has 2 aromatic heterocycles. The van der Waals surface area contributed by atoms with E-state index in [-0.39, 0.29) is 5.78 Å². The number of aliphatic hydroxyl groups is 1. The Labute approximate surface area is 184 Å². The van der Waals surface area contributed by atoms with Gasteiger partial charge in [-0.15, -0.1) is 0 Å². The molecule has 4 aromatic rings. The fourth-order valence-corrected chi connectivity index (χ4v) is 2.85. The van der Waals surface area contributed by atoms with E-state index in [2.05, 4.69) is 9.97 Å².